The first kappa shape index (κ1) is 16.7. The smallest absolute Gasteiger partial charge is 0.273 e. The number of hydrogen-bond acceptors (Lipinski definition) is 6. The van der Waals surface area contributed by atoms with Crippen LogP contribution in [0.3, 0.4) is 0 Å². The lowest BCUT2D eigenvalue weighted by atomic mass is 10.2. The molecule has 0 saturated heterocycles. The number of aryl methyl sites for hydroxylation is 3. The van der Waals surface area contributed by atoms with E-state index in [0.717, 1.165) is 17.0 Å². The van der Waals surface area contributed by atoms with Gasteiger partial charge in [-0.25, -0.2) is 4.68 Å². The second-order valence-electron chi connectivity index (χ2n) is 5.60. The fourth-order valence-electron chi connectivity index (χ4n) is 2.45. The molecule has 0 fully saturated rings. The molecule has 8 nitrogen and oxygen atoms in total. The lowest BCUT2D eigenvalue weighted by molar-refractivity contribution is 0.318. The van der Waals surface area contributed by atoms with Gasteiger partial charge in [-0.1, -0.05) is 0 Å². The quantitative estimate of drug-likeness (QED) is 0.720. The van der Waals surface area contributed by atoms with Crippen molar-refractivity contribution in [1.82, 2.24) is 24.7 Å². The summed E-state index contributed by atoms with van der Waals surface area (Å²) >= 11 is 0. The van der Waals surface area contributed by atoms with Crippen molar-refractivity contribution in [3.05, 3.63) is 47.0 Å². The van der Waals surface area contributed by atoms with E-state index < -0.39 is 0 Å². The molecule has 0 bridgehead atoms. The van der Waals surface area contributed by atoms with E-state index in [2.05, 4.69) is 20.4 Å². The third-order valence-corrected chi connectivity index (χ3v) is 3.59. The standard InChI is InChI=1S/C17H20N6O2/c1-5-25-16-9-14(6-7-15(16)24)10-18-23-13(4)19-20-17(23)22-12(3)8-11(2)21-22/h6-10,24H,5H2,1-4H3. The zero-order chi connectivity index (χ0) is 18.0. The van der Waals surface area contributed by atoms with Crippen LogP contribution in [-0.4, -0.2) is 42.6 Å². The summed E-state index contributed by atoms with van der Waals surface area (Å²) < 4.78 is 8.71. The van der Waals surface area contributed by atoms with Gasteiger partial charge in [0.05, 0.1) is 18.5 Å². The van der Waals surface area contributed by atoms with Crippen molar-refractivity contribution >= 4 is 6.21 Å². The highest BCUT2D eigenvalue weighted by Crippen LogP contribution is 2.26. The van der Waals surface area contributed by atoms with Crippen LogP contribution >= 0.6 is 0 Å². The number of benzene rings is 1. The first-order valence-electron chi connectivity index (χ1n) is 7.95. The van der Waals surface area contributed by atoms with Crippen LogP contribution < -0.4 is 4.74 Å². The maximum atomic E-state index is 9.78. The summed E-state index contributed by atoms with van der Waals surface area (Å²) in [5.74, 6) is 1.68. The van der Waals surface area contributed by atoms with E-state index in [-0.39, 0.29) is 5.75 Å². The van der Waals surface area contributed by atoms with Crippen LogP contribution in [0.15, 0.2) is 29.4 Å². The molecule has 0 aliphatic rings. The molecule has 0 spiro atoms. The average Bonchev–Trinajstić information content (AvgIpc) is 3.10. The maximum Gasteiger partial charge on any atom is 0.273 e. The molecule has 0 unspecified atom stereocenters. The van der Waals surface area contributed by atoms with E-state index in [4.69, 9.17) is 4.74 Å². The van der Waals surface area contributed by atoms with Crippen molar-refractivity contribution < 1.29 is 9.84 Å². The summed E-state index contributed by atoms with van der Waals surface area (Å²) in [7, 11) is 0. The van der Waals surface area contributed by atoms with Crippen molar-refractivity contribution in [2.24, 2.45) is 5.10 Å². The number of aromatic nitrogens is 5. The number of hydrogen-bond donors (Lipinski definition) is 1. The minimum absolute atomic E-state index is 0.0998. The fraction of sp³-hybridized carbons (Fsp3) is 0.294. The Morgan fingerprint density at radius 2 is 2.00 bits per heavy atom. The van der Waals surface area contributed by atoms with E-state index in [1.54, 1.807) is 33.8 Å². The lowest BCUT2D eigenvalue weighted by Crippen LogP contribution is -2.08. The Morgan fingerprint density at radius 1 is 1.20 bits per heavy atom. The third-order valence-electron chi connectivity index (χ3n) is 3.59. The number of phenolic OH excluding ortho intramolecular Hbond substituents is 1. The molecule has 0 atom stereocenters. The average molecular weight is 340 g/mol. The van der Waals surface area contributed by atoms with Gasteiger partial charge in [-0.2, -0.15) is 14.9 Å². The fourth-order valence-corrected chi connectivity index (χ4v) is 2.45. The van der Waals surface area contributed by atoms with E-state index in [0.29, 0.717) is 24.1 Å². The zero-order valence-electron chi connectivity index (χ0n) is 14.6. The Balaban J connectivity index is 1.96. The second-order valence-corrected chi connectivity index (χ2v) is 5.60. The summed E-state index contributed by atoms with van der Waals surface area (Å²) in [6.07, 6.45) is 1.66. The highest BCUT2D eigenvalue weighted by molar-refractivity contribution is 5.80. The van der Waals surface area contributed by atoms with Gasteiger partial charge in [0.25, 0.3) is 5.95 Å². The monoisotopic (exact) mass is 340 g/mol. The molecule has 25 heavy (non-hydrogen) atoms. The predicted molar refractivity (Wildman–Crippen MR) is 93.6 cm³/mol. The summed E-state index contributed by atoms with van der Waals surface area (Å²) in [5, 5.41) is 26.9. The highest BCUT2D eigenvalue weighted by Gasteiger charge is 2.13. The van der Waals surface area contributed by atoms with E-state index in [9.17, 15) is 5.11 Å². The van der Waals surface area contributed by atoms with E-state index >= 15 is 0 Å². The maximum absolute atomic E-state index is 9.78. The Hall–Kier alpha value is -3.16. The first-order valence-corrected chi connectivity index (χ1v) is 7.95. The molecule has 130 valence electrons. The summed E-state index contributed by atoms with van der Waals surface area (Å²) in [4.78, 5) is 0. The summed E-state index contributed by atoms with van der Waals surface area (Å²) in [5.41, 5.74) is 2.63. The van der Waals surface area contributed by atoms with Gasteiger partial charge in [-0.15, -0.1) is 10.2 Å². The highest BCUT2D eigenvalue weighted by atomic mass is 16.5. The van der Waals surface area contributed by atoms with Gasteiger partial charge in [-0.05, 0) is 57.5 Å². The molecule has 3 rings (SSSR count). The van der Waals surface area contributed by atoms with Crippen LogP contribution in [0.4, 0.5) is 0 Å². The molecule has 0 aliphatic carbocycles. The minimum atomic E-state index is 0.0998. The van der Waals surface area contributed by atoms with Crippen molar-refractivity contribution in [1.29, 1.82) is 0 Å². The van der Waals surface area contributed by atoms with E-state index in [1.807, 2.05) is 33.8 Å². The van der Waals surface area contributed by atoms with Gasteiger partial charge in [0.1, 0.15) is 0 Å². The van der Waals surface area contributed by atoms with Crippen LogP contribution in [0.25, 0.3) is 5.95 Å². The van der Waals surface area contributed by atoms with Gasteiger partial charge in [0.2, 0.25) is 0 Å². The number of ether oxygens (including phenoxy) is 1. The molecule has 0 saturated carbocycles. The van der Waals surface area contributed by atoms with Gasteiger partial charge >= 0.3 is 0 Å². The zero-order valence-corrected chi connectivity index (χ0v) is 14.6. The van der Waals surface area contributed by atoms with Crippen molar-refractivity contribution in [2.45, 2.75) is 27.7 Å². The van der Waals surface area contributed by atoms with Crippen molar-refractivity contribution in [3.63, 3.8) is 0 Å². The molecule has 8 heteroatoms. The second kappa shape index (κ2) is 6.76. The number of rotatable bonds is 5. The van der Waals surface area contributed by atoms with Gasteiger partial charge < -0.3 is 9.84 Å². The van der Waals surface area contributed by atoms with Crippen molar-refractivity contribution in [3.8, 4) is 17.4 Å². The van der Waals surface area contributed by atoms with Gasteiger partial charge in [0.15, 0.2) is 17.3 Å². The normalized spacial score (nSPS) is 11.4. The third kappa shape index (κ3) is 3.37. The molecular weight excluding hydrogens is 320 g/mol. The molecule has 0 amide bonds. The lowest BCUT2D eigenvalue weighted by Gasteiger charge is -2.06. The molecule has 2 aromatic heterocycles. The topological polar surface area (TPSA) is 90.4 Å². The number of aromatic hydroxyl groups is 1. The van der Waals surface area contributed by atoms with E-state index in [1.165, 1.54) is 0 Å². The van der Waals surface area contributed by atoms with Crippen molar-refractivity contribution in [2.75, 3.05) is 6.61 Å². The molecular formula is C17H20N6O2. The largest absolute Gasteiger partial charge is 0.504 e. The molecule has 0 aliphatic heterocycles. The van der Waals surface area contributed by atoms with Gasteiger partial charge in [-0.3, -0.25) is 0 Å². The predicted octanol–water partition coefficient (Wildman–Crippen LogP) is 2.38. The van der Waals surface area contributed by atoms with Crippen LogP contribution in [-0.2, 0) is 0 Å². The molecule has 0 radical (unpaired) electrons. The number of phenols is 1. The van der Waals surface area contributed by atoms with Crippen LogP contribution in [0.2, 0.25) is 0 Å². The molecule has 1 N–H and O–H groups in total. The van der Waals surface area contributed by atoms with Crippen LogP contribution in [0.5, 0.6) is 11.5 Å². The number of nitrogens with zero attached hydrogens (tertiary/aromatic N) is 6. The van der Waals surface area contributed by atoms with Gasteiger partial charge in [0, 0.05) is 5.69 Å². The Labute approximate surface area is 145 Å². The van der Waals surface area contributed by atoms with Crippen LogP contribution in [0, 0.1) is 20.8 Å². The Morgan fingerprint density at radius 3 is 2.68 bits per heavy atom. The minimum Gasteiger partial charge on any atom is -0.504 e. The summed E-state index contributed by atoms with van der Waals surface area (Å²) in [6.45, 7) is 8.03. The first-order chi connectivity index (χ1) is 12.0. The Kier molecular flexibility index (Phi) is 4.51. The molecule has 2 heterocycles. The molecule has 1 aromatic carbocycles. The molecule has 3 aromatic rings. The van der Waals surface area contributed by atoms with Crippen LogP contribution in [0.1, 0.15) is 29.7 Å². The Bertz CT molecular complexity index is 925. The SMILES string of the molecule is CCOc1cc(C=Nn2c(C)nnc2-n2nc(C)cc2C)ccc1O. The summed E-state index contributed by atoms with van der Waals surface area (Å²) in [6, 6.07) is 7.02.